The van der Waals surface area contributed by atoms with Gasteiger partial charge in [0.2, 0.25) is 17.7 Å². The van der Waals surface area contributed by atoms with Crippen LogP contribution in [0.2, 0.25) is 0 Å². The number of nitrogens with zero attached hydrogens (tertiary/aromatic N) is 4. The van der Waals surface area contributed by atoms with Crippen LogP contribution in [-0.4, -0.2) is 20.4 Å². The van der Waals surface area contributed by atoms with E-state index in [4.69, 9.17) is 8.83 Å². The first-order chi connectivity index (χ1) is 12.7. The van der Waals surface area contributed by atoms with Crippen LogP contribution >= 0.6 is 11.8 Å². The molecular formula is C18H13FN4O2S. The van der Waals surface area contributed by atoms with Crippen LogP contribution in [0.15, 0.2) is 68.7 Å². The number of aromatic nitrogens is 4. The van der Waals surface area contributed by atoms with Gasteiger partial charge in [-0.2, -0.15) is 0 Å². The lowest BCUT2D eigenvalue weighted by Gasteiger charge is -2.01. The summed E-state index contributed by atoms with van der Waals surface area (Å²) in [6, 6.07) is 15.4. The molecule has 0 spiro atoms. The fourth-order valence-corrected chi connectivity index (χ4v) is 2.98. The Balaban J connectivity index is 1.48. The molecule has 0 amide bonds. The molecule has 4 aromatic rings. The highest BCUT2D eigenvalue weighted by atomic mass is 32.2. The summed E-state index contributed by atoms with van der Waals surface area (Å²) in [6.07, 6.45) is 0. The molecular weight excluding hydrogens is 355 g/mol. The molecule has 130 valence electrons. The van der Waals surface area contributed by atoms with Crippen molar-refractivity contribution in [2.45, 2.75) is 17.4 Å². The Kier molecular flexibility index (Phi) is 4.49. The molecule has 0 aliphatic rings. The van der Waals surface area contributed by atoms with Crippen LogP contribution in [0.3, 0.4) is 0 Å². The molecule has 8 heteroatoms. The average Bonchev–Trinajstić information content (AvgIpc) is 3.33. The predicted molar refractivity (Wildman–Crippen MR) is 93.7 cm³/mol. The fraction of sp³-hybridized carbons (Fsp3) is 0.111. The van der Waals surface area contributed by atoms with Gasteiger partial charge in [-0.3, -0.25) is 0 Å². The number of rotatable bonds is 5. The summed E-state index contributed by atoms with van der Waals surface area (Å²) in [5, 5.41) is 16.4. The molecule has 0 N–H and O–H groups in total. The van der Waals surface area contributed by atoms with Crippen molar-refractivity contribution in [1.29, 1.82) is 0 Å². The molecule has 6 nitrogen and oxygen atoms in total. The van der Waals surface area contributed by atoms with Gasteiger partial charge in [-0.05, 0) is 43.3 Å². The monoisotopic (exact) mass is 368 g/mol. The molecule has 0 aliphatic heterocycles. The minimum atomic E-state index is -0.317. The Labute approximate surface area is 152 Å². The number of thioether (sulfide) groups is 1. The Morgan fingerprint density at radius 3 is 2.23 bits per heavy atom. The molecule has 0 saturated carbocycles. The molecule has 0 unspecified atom stereocenters. The standard InChI is InChI=1S/C18H13FN4O2S/c1-11(15-20-21-16(24-15)13-7-9-14(19)10-8-13)26-18-23-22-17(25-18)12-5-3-2-4-6-12/h2-11H,1H3/t11-/m1/s1. The topological polar surface area (TPSA) is 77.8 Å². The molecule has 4 rings (SSSR count). The van der Waals surface area contributed by atoms with Gasteiger partial charge in [0.05, 0.1) is 5.25 Å². The highest BCUT2D eigenvalue weighted by Gasteiger charge is 2.19. The van der Waals surface area contributed by atoms with Gasteiger partial charge in [-0.1, -0.05) is 30.0 Å². The molecule has 0 fully saturated rings. The number of benzene rings is 2. The first-order valence-corrected chi connectivity index (χ1v) is 8.72. The van der Waals surface area contributed by atoms with Crippen molar-refractivity contribution < 1.29 is 13.2 Å². The van der Waals surface area contributed by atoms with E-state index in [1.165, 1.54) is 23.9 Å². The second-order valence-corrected chi connectivity index (χ2v) is 6.74. The molecule has 0 aliphatic carbocycles. The molecule has 0 saturated heterocycles. The zero-order chi connectivity index (χ0) is 17.9. The number of hydrogen-bond acceptors (Lipinski definition) is 7. The van der Waals surface area contributed by atoms with E-state index in [1.807, 2.05) is 37.3 Å². The third-order valence-electron chi connectivity index (χ3n) is 3.58. The summed E-state index contributed by atoms with van der Waals surface area (Å²) < 4.78 is 24.4. The second-order valence-electron chi connectivity index (χ2n) is 5.45. The minimum absolute atomic E-state index is 0.180. The highest BCUT2D eigenvalue weighted by molar-refractivity contribution is 7.99. The largest absolute Gasteiger partial charge is 0.419 e. The van der Waals surface area contributed by atoms with Crippen molar-refractivity contribution >= 4 is 11.8 Å². The van der Waals surface area contributed by atoms with Gasteiger partial charge >= 0.3 is 0 Å². The van der Waals surface area contributed by atoms with E-state index in [1.54, 1.807) is 12.1 Å². The van der Waals surface area contributed by atoms with E-state index in [0.29, 0.717) is 28.5 Å². The average molecular weight is 368 g/mol. The van der Waals surface area contributed by atoms with E-state index in [9.17, 15) is 4.39 Å². The Morgan fingerprint density at radius 1 is 0.808 bits per heavy atom. The molecule has 2 aromatic carbocycles. The Morgan fingerprint density at radius 2 is 1.46 bits per heavy atom. The van der Waals surface area contributed by atoms with Gasteiger partial charge in [-0.15, -0.1) is 20.4 Å². The maximum absolute atomic E-state index is 13.0. The van der Waals surface area contributed by atoms with Crippen LogP contribution in [0.25, 0.3) is 22.9 Å². The fourth-order valence-electron chi connectivity index (χ4n) is 2.26. The highest BCUT2D eigenvalue weighted by Crippen LogP contribution is 2.35. The maximum Gasteiger partial charge on any atom is 0.277 e. The molecule has 26 heavy (non-hydrogen) atoms. The predicted octanol–water partition coefficient (Wildman–Crippen LogP) is 4.78. The van der Waals surface area contributed by atoms with E-state index in [-0.39, 0.29) is 11.1 Å². The third kappa shape index (κ3) is 3.50. The van der Waals surface area contributed by atoms with Gasteiger partial charge in [0.15, 0.2) is 0 Å². The van der Waals surface area contributed by atoms with Crippen molar-refractivity contribution in [3.05, 3.63) is 66.3 Å². The summed E-state index contributed by atoms with van der Waals surface area (Å²) in [5.74, 6) is 0.901. The first-order valence-electron chi connectivity index (χ1n) is 7.84. The zero-order valence-electron chi connectivity index (χ0n) is 13.7. The van der Waals surface area contributed by atoms with Crippen LogP contribution in [-0.2, 0) is 0 Å². The third-order valence-corrected chi connectivity index (χ3v) is 4.51. The Hall–Kier alpha value is -3.00. The van der Waals surface area contributed by atoms with Crippen molar-refractivity contribution in [2.24, 2.45) is 0 Å². The molecule has 0 radical (unpaired) electrons. The van der Waals surface area contributed by atoms with Gasteiger partial charge in [-0.25, -0.2) is 4.39 Å². The summed E-state index contributed by atoms with van der Waals surface area (Å²) >= 11 is 1.33. The normalized spacial score (nSPS) is 12.2. The van der Waals surface area contributed by atoms with Crippen LogP contribution in [0.5, 0.6) is 0 Å². The second kappa shape index (κ2) is 7.09. The molecule has 2 heterocycles. The lowest BCUT2D eigenvalue weighted by Crippen LogP contribution is -1.88. The number of halogens is 1. The summed E-state index contributed by atoms with van der Waals surface area (Å²) in [5.41, 5.74) is 1.52. The minimum Gasteiger partial charge on any atom is -0.419 e. The molecule has 1 atom stereocenters. The van der Waals surface area contributed by atoms with E-state index >= 15 is 0 Å². The SMILES string of the molecule is C[C@@H](Sc1nnc(-c2ccccc2)o1)c1nnc(-c2ccc(F)cc2)o1. The van der Waals surface area contributed by atoms with E-state index in [0.717, 1.165) is 5.56 Å². The molecule has 2 aromatic heterocycles. The quantitative estimate of drug-likeness (QED) is 0.469. The van der Waals surface area contributed by atoms with E-state index < -0.39 is 0 Å². The Bertz CT molecular complexity index is 1000. The molecule has 0 bridgehead atoms. The van der Waals surface area contributed by atoms with Crippen molar-refractivity contribution in [3.8, 4) is 22.9 Å². The first kappa shape index (κ1) is 16.5. The lowest BCUT2D eigenvalue weighted by atomic mass is 10.2. The van der Waals surface area contributed by atoms with Crippen molar-refractivity contribution in [1.82, 2.24) is 20.4 Å². The van der Waals surface area contributed by atoms with Gasteiger partial charge in [0.25, 0.3) is 5.22 Å². The zero-order valence-corrected chi connectivity index (χ0v) is 14.5. The van der Waals surface area contributed by atoms with Crippen LogP contribution in [0.1, 0.15) is 18.1 Å². The van der Waals surface area contributed by atoms with Crippen LogP contribution < -0.4 is 0 Å². The van der Waals surface area contributed by atoms with E-state index in [2.05, 4.69) is 20.4 Å². The summed E-state index contributed by atoms with van der Waals surface area (Å²) in [7, 11) is 0. The smallest absolute Gasteiger partial charge is 0.277 e. The maximum atomic E-state index is 13.0. The van der Waals surface area contributed by atoms with Gasteiger partial charge in [0, 0.05) is 11.1 Å². The summed E-state index contributed by atoms with van der Waals surface area (Å²) in [6.45, 7) is 1.90. The van der Waals surface area contributed by atoms with Crippen molar-refractivity contribution in [2.75, 3.05) is 0 Å². The number of hydrogen-bond donors (Lipinski definition) is 0. The van der Waals surface area contributed by atoms with Gasteiger partial charge in [0.1, 0.15) is 5.82 Å². The van der Waals surface area contributed by atoms with Crippen molar-refractivity contribution in [3.63, 3.8) is 0 Å². The summed E-state index contributed by atoms with van der Waals surface area (Å²) in [4.78, 5) is 0. The van der Waals surface area contributed by atoms with Crippen LogP contribution in [0, 0.1) is 5.82 Å². The van der Waals surface area contributed by atoms with Crippen LogP contribution in [0.4, 0.5) is 4.39 Å². The lowest BCUT2D eigenvalue weighted by molar-refractivity contribution is 0.461. The van der Waals surface area contributed by atoms with Gasteiger partial charge < -0.3 is 8.83 Å².